The van der Waals surface area contributed by atoms with Crippen molar-refractivity contribution >= 4 is 27.7 Å². The largest absolute Gasteiger partial charge is 0.424 e. The van der Waals surface area contributed by atoms with E-state index in [-0.39, 0.29) is 10.1 Å². The quantitative estimate of drug-likeness (QED) is 0.435. The molecule has 29 heavy (non-hydrogen) atoms. The second-order valence-corrected chi connectivity index (χ2v) is 21.9. The lowest BCUT2D eigenvalue weighted by Gasteiger charge is -2.58. The van der Waals surface area contributed by atoms with E-state index in [9.17, 15) is 0 Å². The van der Waals surface area contributed by atoms with Gasteiger partial charge in [0.25, 0.3) is 0 Å². The summed E-state index contributed by atoms with van der Waals surface area (Å²) in [5, 5.41) is 0.573. The molecule has 0 saturated heterocycles. The van der Waals surface area contributed by atoms with Crippen LogP contribution in [0.5, 0.6) is 0 Å². The van der Waals surface area contributed by atoms with Crippen molar-refractivity contribution in [3.8, 4) is 0 Å². The molecule has 0 saturated carbocycles. The summed E-state index contributed by atoms with van der Waals surface area (Å²) >= 11 is 0. The SMILES string of the molecule is C=C(c1ccccc1)c1ccc(N([Si](C)(C)C(C)(C)C)[Si](C)(C)C(C)(C)C)cc1. The molecule has 2 aromatic rings. The Morgan fingerprint density at radius 1 is 0.655 bits per heavy atom. The van der Waals surface area contributed by atoms with E-state index in [1.165, 1.54) is 16.8 Å². The molecule has 0 spiro atoms. The fraction of sp³-hybridized carbons (Fsp3) is 0.462. The minimum atomic E-state index is -1.76. The molecule has 0 N–H and O–H groups in total. The monoisotopic (exact) mass is 423 g/mol. The summed E-state index contributed by atoms with van der Waals surface area (Å²) in [7, 11) is -3.51. The zero-order valence-electron chi connectivity index (χ0n) is 20.4. The van der Waals surface area contributed by atoms with Gasteiger partial charge >= 0.3 is 0 Å². The van der Waals surface area contributed by atoms with Crippen LogP contribution in [0.3, 0.4) is 0 Å². The Kier molecular flexibility index (Phi) is 6.47. The standard InChI is InChI=1S/C26H41NSi2/c1-21(22-15-13-12-14-16-22)23-17-19-24(20-18-23)27(28(8,9)25(2,3)4)29(10,11)26(5,6)7/h12-20H,1H2,2-11H3. The molecule has 0 aliphatic carbocycles. The van der Waals surface area contributed by atoms with Gasteiger partial charge in [0, 0.05) is 5.69 Å². The molecule has 0 fully saturated rings. The molecule has 3 heteroatoms. The van der Waals surface area contributed by atoms with Gasteiger partial charge in [0.15, 0.2) is 0 Å². The molecular formula is C26H41NSi2. The third kappa shape index (κ3) is 4.61. The van der Waals surface area contributed by atoms with Crippen molar-refractivity contribution in [2.75, 3.05) is 4.23 Å². The topological polar surface area (TPSA) is 3.24 Å². The van der Waals surface area contributed by atoms with E-state index in [1.807, 2.05) is 0 Å². The highest BCUT2D eigenvalue weighted by atomic mass is 28.4. The van der Waals surface area contributed by atoms with Gasteiger partial charge in [0.2, 0.25) is 0 Å². The third-order valence-electron chi connectivity index (χ3n) is 7.39. The van der Waals surface area contributed by atoms with Crippen LogP contribution >= 0.6 is 0 Å². The van der Waals surface area contributed by atoms with Gasteiger partial charge in [-0.1, -0.05) is 117 Å². The summed E-state index contributed by atoms with van der Waals surface area (Å²) in [6, 6.07) is 19.7. The van der Waals surface area contributed by atoms with Crippen LogP contribution in [0.1, 0.15) is 52.7 Å². The van der Waals surface area contributed by atoms with E-state index in [4.69, 9.17) is 0 Å². The number of hydrogen-bond donors (Lipinski definition) is 0. The van der Waals surface area contributed by atoms with Gasteiger partial charge in [-0.05, 0) is 38.9 Å². The van der Waals surface area contributed by atoms with Crippen LogP contribution in [0.2, 0.25) is 36.3 Å². The molecule has 0 aliphatic rings. The van der Waals surface area contributed by atoms with Crippen LogP contribution in [0, 0.1) is 0 Å². The molecule has 0 radical (unpaired) electrons. The second-order valence-electron chi connectivity index (χ2n) is 11.3. The van der Waals surface area contributed by atoms with Crippen molar-refractivity contribution in [1.29, 1.82) is 0 Å². The lowest BCUT2D eigenvalue weighted by molar-refractivity contribution is 0.695. The molecule has 2 rings (SSSR count). The van der Waals surface area contributed by atoms with Crippen LogP contribution in [-0.2, 0) is 0 Å². The van der Waals surface area contributed by atoms with Gasteiger partial charge in [0.1, 0.15) is 16.5 Å². The van der Waals surface area contributed by atoms with Crippen molar-refractivity contribution in [1.82, 2.24) is 0 Å². The third-order valence-corrected chi connectivity index (χ3v) is 20.8. The molecule has 0 aromatic heterocycles. The van der Waals surface area contributed by atoms with Gasteiger partial charge in [-0.25, -0.2) is 0 Å². The lowest BCUT2D eigenvalue weighted by Crippen LogP contribution is -2.69. The first-order chi connectivity index (χ1) is 13.1. The summed E-state index contributed by atoms with van der Waals surface area (Å²) in [4.78, 5) is 0. The predicted octanol–water partition coefficient (Wildman–Crippen LogP) is 8.56. The van der Waals surface area contributed by atoms with Crippen LogP contribution < -0.4 is 4.23 Å². The van der Waals surface area contributed by atoms with E-state index in [1.54, 1.807) is 0 Å². The summed E-state index contributed by atoms with van der Waals surface area (Å²) in [6.07, 6.45) is 0. The molecule has 0 unspecified atom stereocenters. The number of rotatable bonds is 5. The molecule has 158 valence electrons. The number of nitrogens with zero attached hydrogens (tertiary/aromatic N) is 1. The first-order valence-electron chi connectivity index (χ1n) is 10.8. The van der Waals surface area contributed by atoms with Gasteiger partial charge < -0.3 is 4.23 Å². The van der Waals surface area contributed by atoms with Gasteiger partial charge in [0.05, 0.1) is 0 Å². The smallest absolute Gasteiger partial charge is 0.147 e. The van der Waals surface area contributed by atoms with Crippen LogP contribution in [0.15, 0.2) is 61.2 Å². The maximum Gasteiger partial charge on any atom is 0.147 e. The van der Waals surface area contributed by atoms with Crippen LogP contribution in [-0.4, -0.2) is 16.5 Å². The molecule has 0 heterocycles. The normalized spacial score (nSPS) is 13.3. The highest BCUT2D eigenvalue weighted by molar-refractivity contribution is 7.02. The van der Waals surface area contributed by atoms with Crippen LogP contribution in [0.4, 0.5) is 5.69 Å². The first kappa shape index (κ1) is 23.7. The van der Waals surface area contributed by atoms with E-state index < -0.39 is 16.5 Å². The minimum Gasteiger partial charge on any atom is -0.424 e. The number of hydrogen-bond acceptors (Lipinski definition) is 1. The summed E-state index contributed by atoms with van der Waals surface area (Å²) in [6.45, 7) is 29.1. The van der Waals surface area contributed by atoms with Crippen molar-refractivity contribution in [3.05, 3.63) is 72.3 Å². The Labute approximate surface area is 182 Å². The Morgan fingerprint density at radius 2 is 1.03 bits per heavy atom. The van der Waals surface area contributed by atoms with Gasteiger partial charge in [-0.15, -0.1) is 0 Å². The molecule has 0 bridgehead atoms. The van der Waals surface area contributed by atoms with Crippen LogP contribution in [0.25, 0.3) is 5.57 Å². The van der Waals surface area contributed by atoms with Crippen molar-refractivity contribution in [2.24, 2.45) is 0 Å². The summed E-state index contributed by atoms with van der Waals surface area (Å²) < 4.78 is 2.91. The first-order valence-corrected chi connectivity index (χ1v) is 16.7. The number of benzene rings is 2. The summed E-state index contributed by atoms with van der Waals surface area (Å²) in [5.74, 6) is 0. The zero-order chi connectivity index (χ0) is 22.3. The van der Waals surface area contributed by atoms with Gasteiger partial charge in [-0.2, -0.15) is 0 Å². The fourth-order valence-corrected chi connectivity index (χ4v) is 14.2. The Bertz CT molecular complexity index is 809. The Morgan fingerprint density at radius 3 is 1.41 bits per heavy atom. The second kappa shape index (κ2) is 7.92. The van der Waals surface area contributed by atoms with Crippen molar-refractivity contribution < 1.29 is 0 Å². The average Bonchev–Trinajstić information content (AvgIpc) is 2.60. The molecular weight excluding hydrogens is 382 g/mol. The maximum absolute atomic E-state index is 4.35. The molecule has 2 aromatic carbocycles. The lowest BCUT2D eigenvalue weighted by atomic mass is 10.00. The van der Waals surface area contributed by atoms with Gasteiger partial charge in [-0.3, -0.25) is 0 Å². The highest BCUT2D eigenvalue weighted by Crippen LogP contribution is 2.49. The molecule has 0 atom stereocenters. The molecule has 0 amide bonds. The van der Waals surface area contributed by atoms with E-state index >= 15 is 0 Å². The fourth-order valence-electron chi connectivity index (χ4n) is 3.63. The zero-order valence-corrected chi connectivity index (χ0v) is 22.4. The van der Waals surface area contributed by atoms with E-state index in [0.717, 1.165) is 5.57 Å². The minimum absolute atomic E-state index is 0.287. The van der Waals surface area contributed by atoms with E-state index in [0.29, 0.717) is 0 Å². The Hall–Kier alpha value is -1.59. The predicted molar refractivity (Wildman–Crippen MR) is 138 cm³/mol. The molecule has 0 aliphatic heterocycles. The maximum atomic E-state index is 4.35. The average molecular weight is 424 g/mol. The van der Waals surface area contributed by atoms with E-state index in [2.05, 4.69) is 133 Å². The highest BCUT2D eigenvalue weighted by Gasteiger charge is 2.51. The number of anilines is 1. The van der Waals surface area contributed by atoms with Crippen molar-refractivity contribution in [3.63, 3.8) is 0 Å². The molecule has 1 nitrogen and oxygen atoms in total. The van der Waals surface area contributed by atoms with Crippen molar-refractivity contribution in [2.45, 2.75) is 77.8 Å². The summed E-state index contributed by atoms with van der Waals surface area (Å²) in [5.41, 5.74) is 4.85. The Balaban J connectivity index is 2.54.